The minimum Gasteiger partial charge on any atom is -0.0654 e. The van der Waals surface area contributed by atoms with Gasteiger partial charge in [0.15, 0.2) is 0 Å². The molecule has 0 spiro atoms. The van der Waals surface area contributed by atoms with E-state index in [0.717, 1.165) is 5.92 Å². The van der Waals surface area contributed by atoms with Crippen LogP contribution in [0.5, 0.6) is 0 Å². The molecule has 0 bridgehead atoms. The third-order valence-electron chi connectivity index (χ3n) is 2.98. The van der Waals surface area contributed by atoms with Crippen molar-refractivity contribution < 1.29 is 0 Å². The molecule has 13 heavy (non-hydrogen) atoms. The average Bonchev–Trinajstić information content (AvgIpc) is 2.10. The van der Waals surface area contributed by atoms with Crippen LogP contribution in [-0.4, -0.2) is 0 Å². The van der Waals surface area contributed by atoms with Gasteiger partial charge in [-0.15, -0.1) is 0 Å². The zero-order valence-electron chi connectivity index (χ0n) is 9.81. The Morgan fingerprint density at radius 3 is 2.00 bits per heavy atom. The number of unbranched alkanes of at least 4 members (excludes halogenated alkanes) is 5. The van der Waals surface area contributed by atoms with Crippen molar-refractivity contribution >= 4 is 0 Å². The van der Waals surface area contributed by atoms with Crippen LogP contribution in [0.4, 0.5) is 0 Å². The van der Waals surface area contributed by atoms with Crippen LogP contribution in [0, 0.1) is 18.8 Å². The van der Waals surface area contributed by atoms with Gasteiger partial charge in [0.2, 0.25) is 0 Å². The largest absolute Gasteiger partial charge is 0.0654 e. The Kier molecular flexibility index (Phi) is 8.59. The maximum atomic E-state index is 4.07. The lowest BCUT2D eigenvalue weighted by Crippen LogP contribution is -2.03. The van der Waals surface area contributed by atoms with Crippen molar-refractivity contribution in [2.75, 3.05) is 0 Å². The highest BCUT2D eigenvalue weighted by molar-refractivity contribution is 4.63. The van der Waals surface area contributed by atoms with Crippen LogP contribution in [0.25, 0.3) is 0 Å². The summed E-state index contributed by atoms with van der Waals surface area (Å²) in [6.07, 6.45) is 9.85. The molecule has 0 heterocycles. The fourth-order valence-electron chi connectivity index (χ4n) is 1.53. The van der Waals surface area contributed by atoms with Crippen molar-refractivity contribution in [3.8, 4) is 0 Å². The van der Waals surface area contributed by atoms with Gasteiger partial charge in [-0.2, -0.15) is 0 Å². The summed E-state index contributed by atoms with van der Waals surface area (Å²) in [5.74, 6) is 1.43. The summed E-state index contributed by atoms with van der Waals surface area (Å²) in [5.41, 5.74) is 0. The zero-order chi connectivity index (χ0) is 10.1. The van der Waals surface area contributed by atoms with Crippen LogP contribution in [-0.2, 0) is 0 Å². The molecule has 0 N–H and O–H groups in total. The molecule has 0 saturated carbocycles. The molecule has 2 atom stereocenters. The third kappa shape index (κ3) is 8.33. The molecule has 0 amide bonds. The highest BCUT2D eigenvalue weighted by atomic mass is 14.1. The van der Waals surface area contributed by atoms with Gasteiger partial charge < -0.3 is 0 Å². The van der Waals surface area contributed by atoms with E-state index in [4.69, 9.17) is 0 Å². The normalized spacial score (nSPS) is 13.6. The van der Waals surface area contributed by atoms with E-state index in [-0.39, 0.29) is 0 Å². The number of hydrogen-bond donors (Lipinski definition) is 0. The van der Waals surface area contributed by atoms with Gasteiger partial charge in [-0.1, -0.05) is 72.6 Å². The van der Waals surface area contributed by atoms with Crippen molar-refractivity contribution in [1.82, 2.24) is 0 Å². The van der Waals surface area contributed by atoms with Crippen molar-refractivity contribution in [1.29, 1.82) is 0 Å². The molecule has 0 aromatic carbocycles. The Morgan fingerprint density at radius 1 is 0.923 bits per heavy atom. The maximum Gasteiger partial charge on any atom is -0.0417 e. The molecule has 0 saturated heterocycles. The van der Waals surface area contributed by atoms with Gasteiger partial charge in [0.05, 0.1) is 0 Å². The molecule has 0 aliphatic carbocycles. The first-order valence-corrected chi connectivity index (χ1v) is 6.01. The fraction of sp³-hybridized carbons (Fsp3) is 0.923. The van der Waals surface area contributed by atoms with Crippen LogP contribution < -0.4 is 0 Å². The third-order valence-corrected chi connectivity index (χ3v) is 2.98. The standard InChI is InChI=1S/C13H27/c1-5-6-7-8-9-10-11-13(4)12(2)3/h12-13H,2,5-11H2,1,3-4H3. The van der Waals surface area contributed by atoms with Crippen LogP contribution in [0.15, 0.2) is 0 Å². The lowest BCUT2D eigenvalue weighted by molar-refractivity contribution is 0.402. The molecule has 0 aromatic heterocycles. The average molecular weight is 183 g/mol. The minimum absolute atomic E-state index is 0.621. The molecular formula is C13H27. The molecule has 2 unspecified atom stereocenters. The molecule has 0 aliphatic rings. The van der Waals surface area contributed by atoms with Crippen LogP contribution in [0.3, 0.4) is 0 Å². The summed E-state index contributed by atoms with van der Waals surface area (Å²) < 4.78 is 0. The van der Waals surface area contributed by atoms with Gasteiger partial charge in [0, 0.05) is 0 Å². The molecule has 79 valence electrons. The van der Waals surface area contributed by atoms with E-state index in [1.54, 1.807) is 0 Å². The monoisotopic (exact) mass is 183 g/mol. The molecule has 0 aliphatic heterocycles. The van der Waals surface area contributed by atoms with Crippen molar-refractivity contribution in [2.24, 2.45) is 11.8 Å². The van der Waals surface area contributed by atoms with Crippen molar-refractivity contribution in [2.45, 2.75) is 65.7 Å². The Morgan fingerprint density at radius 2 is 1.46 bits per heavy atom. The molecule has 1 radical (unpaired) electrons. The Bertz CT molecular complexity index is 94.2. The Labute approximate surface area is 85.1 Å². The molecular weight excluding hydrogens is 156 g/mol. The number of rotatable bonds is 8. The topological polar surface area (TPSA) is 0 Å². The van der Waals surface area contributed by atoms with E-state index in [2.05, 4.69) is 27.7 Å². The van der Waals surface area contributed by atoms with Gasteiger partial charge >= 0.3 is 0 Å². The molecule has 0 aromatic rings. The summed E-state index contributed by atoms with van der Waals surface area (Å²) in [6.45, 7) is 10.9. The first kappa shape index (κ1) is 13.0. The summed E-state index contributed by atoms with van der Waals surface area (Å²) in [4.78, 5) is 0. The van der Waals surface area contributed by atoms with E-state index < -0.39 is 0 Å². The highest BCUT2D eigenvalue weighted by Gasteiger charge is 2.05. The molecule has 0 fully saturated rings. The van der Waals surface area contributed by atoms with E-state index in [9.17, 15) is 0 Å². The fourth-order valence-corrected chi connectivity index (χ4v) is 1.53. The van der Waals surface area contributed by atoms with Crippen molar-refractivity contribution in [3.63, 3.8) is 0 Å². The minimum atomic E-state index is 0.621. The van der Waals surface area contributed by atoms with E-state index >= 15 is 0 Å². The Hall–Kier alpha value is 0. The highest BCUT2D eigenvalue weighted by Crippen LogP contribution is 2.18. The van der Waals surface area contributed by atoms with E-state index in [1.807, 2.05) is 0 Å². The summed E-state index contributed by atoms with van der Waals surface area (Å²) >= 11 is 0. The van der Waals surface area contributed by atoms with Gasteiger partial charge in [-0.3, -0.25) is 0 Å². The van der Waals surface area contributed by atoms with E-state index in [1.165, 1.54) is 44.9 Å². The zero-order valence-corrected chi connectivity index (χ0v) is 9.81. The lowest BCUT2D eigenvalue weighted by Gasteiger charge is -2.14. The quantitative estimate of drug-likeness (QED) is 0.472. The summed E-state index contributed by atoms with van der Waals surface area (Å²) in [5, 5.41) is 0. The number of hydrogen-bond acceptors (Lipinski definition) is 0. The lowest BCUT2D eigenvalue weighted by atomic mass is 9.92. The van der Waals surface area contributed by atoms with Gasteiger partial charge in [0.25, 0.3) is 0 Å². The smallest absolute Gasteiger partial charge is 0.0417 e. The van der Waals surface area contributed by atoms with Gasteiger partial charge in [-0.05, 0) is 11.8 Å². The molecule has 0 nitrogen and oxygen atoms in total. The van der Waals surface area contributed by atoms with Crippen molar-refractivity contribution in [3.05, 3.63) is 6.92 Å². The molecule has 0 rings (SSSR count). The summed E-state index contributed by atoms with van der Waals surface area (Å²) in [6, 6.07) is 0. The van der Waals surface area contributed by atoms with Gasteiger partial charge in [0.1, 0.15) is 0 Å². The Balaban J connectivity index is 3.07. The molecule has 0 heteroatoms. The van der Waals surface area contributed by atoms with E-state index in [0.29, 0.717) is 5.92 Å². The first-order valence-electron chi connectivity index (χ1n) is 6.01. The van der Waals surface area contributed by atoms with Crippen LogP contribution in [0.2, 0.25) is 0 Å². The SMILES string of the molecule is [CH2]C(C)C(C)CCCCCCCC. The van der Waals surface area contributed by atoms with Crippen LogP contribution >= 0.6 is 0 Å². The maximum absolute atomic E-state index is 4.07. The predicted molar refractivity (Wildman–Crippen MR) is 61.7 cm³/mol. The summed E-state index contributed by atoms with van der Waals surface area (Å²) in [7, 11) is 0. The second-order valence-corrected chi connectivity index (χ2v) is 4.51. The van der Waals surface area contributed by atoms with Gasteiger partial charge in [-0.25, -0.2) is 0 Å². The second-order valence-electron chi connectivity index (χ2n) is 4.51. The van der Waals surface area contributed by atoms with Crippen LogP contribution in [0.1, 0.15) is 65.7 Å². The predicted octanol–water partition coefficient (Wildman–Crippen LogP) is 4.84. The second kappa shape index (κ2) is 8.59. The first-order chi connectivity index (χ1) is 6.18.